The molecule has 0 spiro atoms. The number of aromatic nitrogens is 7. The van der Waals surface area contributed by atoms with Crippen molar-refractivity contribution in [3.05, 3.63) is 79.1 Å². The molecule has 6 heterocycles. The number of pyridine rings is 4. The van der Waals surface area contributed by atoms with Crippen LogP contribution in [0.15, 0.2) is 73.6 Å². The minimum Gasteiger partial charge on any atom is -0.353 e. The quantitative estimate of drug-likeness (QED) is 0.341. The van der Waals surface area contributed by atoms with Crippen molar-refractivity contribution in [3.63, 3.8) is 0 Å². The molecular formula is C26H22N8. The van der Waals surface area contributed by atoms with Crippen LogP contribution in [0.5, 0.6) is 0 Å². The van der Waals surface area contributed by atoms with Crippen molar-refractivity contribution in [2.75, 3.05) is 6.54 Å². The molecule has 0 bridgehead atoms. The van der Waals surface area contributed by atoms with Gasteiger partial charge in [-0.05, 0) is 48.5 Å². The lowest BCUT2D eigenvalue weighted by Gasteiger charge is -2.05. The predicted molar refractivity (Wildman–Crippen MR) is 133 cm³/mol. The van der Waals surface area contributed by atoms with Gasteiger partial charge in [0, 0.05) is 76.7 Å². The molecule has 0 unspecified atom stereocenters. The Hall–Kier alpha value is -4.43. The zero-order valence-electron chi connectivity index (χ0n) is 18.6. The maximum Gasteiger partial charge on any atom is 0.181 e. The molecule has 0 saturated heterocycles. The van der Waals surface area contributed by atoms with E-state index in [9.17, 15) is 0 Å². The monoisotopic (exact) mass is 446 g/mol. The average Bonchev–Trinajstić information content (AvgIpc) is 3.51. The number of rotatable bonds is 6. The van der Waals surface area contributed by atoms with Crippen molar-refractivity contribution < 1.29 is 0 Å². The lowest BCUT2D eigenvalue weighted by atomic mass is 10.1. The van der Waals surface area contributed by atoms with E-state index in [1.807, 2.05) is 49.2 Å². The fourth-order valence-electron chi connectivity index (χ4n) is 4.20. The molecule has 6 aromatic heterocycles. The number of hydrogen-bond acceptors (Lipinski definition) is 6. The fraction of sp³-hybridized carbons (Fsp3) is 0.115. The second-order valence-electron chi connectivity index (χ2n) is 8.10. The highest BCUT2D eigenvalue weighted by Crippen LogP contribution is 2.33. The maximum atomic E-state index is 4.61. The van der Waals surface area contributed by atoms with Crippen LogP contribution in [0.2, 0.25) is 0 Å². The summed E-state index contributed by atoms with van der Waals surface area (Å²) in [6.07, 6.45) is 11.0. The standard InChI is InChI=1S/C26H22N8/c1-2-27-11-16-8-18(14-29-12-16)19-9-21-25(33-34-26(21)31-15-19)23-10-20-22(32-23)5-7-30-24(20)17-4-3-6-28-13-17/h3-10,12-15,27,32H,2,11H2,1H3,(H,31,33,34). The van der Waals surface area contributed by atoms with Crippen LogP contribution in [0.1, 0.15) is 12.5 Å². The molecule has 8 heteroatoms. The largest absolute Gasteiger partial charge is 0.353 e. The summed E-state index contributed by atoms with van der Waals surface area (Å²) in [4.78, 5) is 21.4. The summed E-state index contributed by atoms with van der Waals surface area (Å²) in [5.41, 5.74) is 8.49. The average molecular weight is 447 g/mol. The molecule has 0 aliphatic rings. The zero-order valence-corrected chi connectivity index (χ0v) is 18.6. The Morgan fingerprint density at radius 1 is 0.853 bits per heavy atom. The van der Waals surface area contributed by atoms with Crippen LogP contribution in [-0.4, -0.2) is 41.7 Å². The Bertz CT molecular complexity index is 1600. The Morgan fingerprint density at radius 3 is 2.65 bits per heavy atom. The van der Waals surface area contributed by atoms with E-state index in [1.54, 1.807) is 6.20 Å². The number of H-pyrrole nitrogens is 2. The summed E-state index contributed by atoms with van der Waals surface area (Å²) in [6, 6.07) is 12.3. The summed E-state index contributed by atoms with van der Waals surface area (Å²) >= 11 is 0. The fourth-order valence-corrected chi connectivity index (χ4v) is 4.20. The molecule has 0 aromatic carbocycles. The molecule has 0 atom stereocenters. The number of aromatic amines is 2. The van der Waals surface area contributed by atoms with Gasteiger partial charge in [0.25, 0.3) is 0 Å². The third kappa shape index (κ3) is 3.60. The number of fused-ring (bicyclic) bond motifs is 2. The van der Waals surface area contributed by atoms with Crippen molar-refractivity contribution >= 4 is 21.9 Å². The first-order chi connectivity index (χ1) is 16.8. The summed E-state index contributed by atoms with van der Waals surface area (Å²) in [6.45, 7) is 3.79. The van der Waals surface area contributed by atoms with Gasteiger partial charge >= 0.3 is 0 Å². The highest BCUT2D eigenvalue weighted by Gasteiger charge is 2.15. The van der Waals surface area contributed by atoms with Crippen molar-refractivity contribution in [1.82, 2.24) is 40.4 Å². The van der Waals surface area contributed by atoms with E-state index in [0.717, 1.165) is 68.7 Å². The first-order valence-corrected chi connectivity index (χ1v) is 11.2. The van der Waals surface area contributed by atoms with E-state index in [1.165, 1.54) is 0 Å². The maximum absolute atomic E-state index is 4.61. The van der Waals surface area contributed by atoms with Crippen LogP contribution in [0.3, 0.4) is 0 Å². The number of nitrogens with zero attached hydrogens (tertiary/aromatic N) is 5. The number of nitrogens with one attached hydrogen (secondary N) is 3. The molecule has 6 rings (SSSR count). The van der Waals surface area contributed by atoms with Crippen LogP contribution in [-0.2, 0) is 6.54 Å². The van der Waals surface area contributed by atoms with Gasteiger partial charge in [-0.1, -0.05) is 6.92 Å². The second kappa shape index (κ2) is 8.49. The van der Waals surface area contributed by atoms with Gasteiger partial charge in [0.15, 0.2) is 5.65 Å². The molecule has 34 heavy (non-hydrogen) atoms. The van der Waals surface area contributed by atoms with Gasteiger partial charge in [-0.15, -0.1) is 0 Å². The first-order valence-electron chi connectivity index (χ1n) is 11.2. The molecule has 0 aliphatic heterocycles. The van der Waals surface area contributed by atoms with E-state index in [4.69, 9.17) is 0 Å². The van der Waals surface area contributed by atoms with E-state index in [2.05, 4.69) is 65.6 Å². The van der Waals surface area contributed by atoms with Crippen molar-refractivity contribution in [3.8, 4) is 33.8 Å². The summed E-state index contributed by atoms with van der Waals surface area (Å²) in [7, 11) is 0. The van der Waals surface area contributed by atoms with Crippen LogP contribution < -0.4 is 5.32 Å². The Kier molecular flexibility index (Phi) is 5.04. The molecule has 3 N–H and O–H groups in total. The third-order valence-corrected chi connectivity index (χ3v) is 5.87. The van der Waals surface area contributed by atoms with Crippen LogP contribution in [0.4, 0.5) is 0 Å². The highest BCUT2D eigenvalue weighted by atomic mass is 15.2. The van der Waals surface area contributed by atoms with E-state index in [-0.39, 0.29) is 0 Å². The molecule has 166 valence electrons. The van der Waals surface area contributed by atoms with Crippen LogP contribution in [0, 0.1) is 0 Å². The topological polar surface area (TPSA) is 108 Å². The minimum atomic E-state index is 0.666. The smallest absolute Gasteiger partial charge is 0.181 e. The van der Waals surface area contributed by atoms with Crippen molar-refractivity contribution in [2.24, 2.45) is 0 Å². The van der Waals surface area contributed by atoms with E-state index >= 15 is 0 Å². The summed E-state index contributed by atoms with van der Waals surface area (Å²) in [5, 5.41) is 12.9. The van der Waals surface area contributed by atoms with Gasteiger partial charge < -0.3 is 10.3 Å². The van der Waals surface area contributed by atoms with Gasteiger partial charge in [-0.2, -0.15) is 5.10 Å². The van der Waals surface area contributed by atoms with Crippen molar-refractivity contribution in [1.29, 1.82) is 0 Å². The SMILES string of the molecule is CCNCc1cncc(-c2cnc3n[nH]c(-c4cc5c(-c6cccnc6)nccc5[nH]4)c3c2)c1. The molecule has 0 saturated carbocycles. The van der Waals surface area contributed by atoms with Gasteiger partial charge in [0.2, 0.25) is 0 Å². The Labute approximate surface area is 195 Å². The molecule has 8 nitrogen and oxygen atoms in total. The van der Waals surface area contributed by atoms with Gasteiger partial charge in [0.1, 0.15) is 0 Å². The summed E-state index contributed by atoms with van der Waals surface area (Å²) in [5.74, 6) is 0. The first kappa shape index (κ1) is 20.2. The third-order valence-electron chi connectivity index (χ3n) is 5.87. The molecule has 6 aromatic rings. The Morgan fingerprint density at radius 2 is 1.76 bits per heavy atom. The molecular weight excluding hydrogens is 424 g/mol. The van der Waals surface area contributed by atoms with Crippen molar-refractivity contribution in [2.45, 2.75) is 13.5 Å². The highest BCUT2D eigenvalue weighted by molar-refractivity contribution is 5.99. The zero-order chi connectivity index (χ0) is 22.9. The van der Waals surface area contributed by atoms with E-state index in [0.29, 0.717) is 5.65 Å². The summed E-state index contributed by atoms with van der Waals surface area (Å²) < 4.78 is 0. The second-order valence-corrected chi connectivity index (χ2v) is 8.10. The van der Waals surface area contributed by atoms with E-state index < -0.39 is 0 Å². The van der Waals surface area contributed by atoms with Gasteiger partial charge in [-0.3, -0.25) is 20.1 Å². The predicted octanol–water partition coefficient (Wildman–Crippen LogP) is 4.73. The molecule has 0 aliphatic carbocycles. The van der Waals surface area contributed by atoms with Gasteiger partial charge in [0.05, 0.1) is 17.1 Å². The lowest BCUT2D eigenvalue weighted by molar-refractivity contribution is 0.724. The Balaban J connectivity index is 1.44. The molecule has 0 amide bonds. The molecule has 0 radical (unpaired) electrons. The van der Waals surface area contributed by atoms with Crippen LogP contribution in [0.25, 0.3) is 55.7 Å². The minimum absolute atomic E-state index is 0.666. The lowest BCUT2D eigenvalue weighted by Crippen LogP contribution is -2.11. The molecule has 0 fully saturated rings. The van der Waals surface area contributed by atoms with Crippen LogP contribution >= 0.6 is 0 Å². The normalized spacial score (nSPS) is 11.4. The number of hydrogen-bond donors (Lipinski definition) is 3. The van der Waals surface area contributed by atoms with Gasteiger partial charge in [-0.25, -0.2) is 4.98 Å².